The number of amides is 1. The molecule has 4 aromatic rings. The predicted octanol–water partition coefficient (Wildman–Crippen LogP) is 3.69. The second-order valence-electron chi connectivity index (χ2n) is 8.23. The van der Waals surface area contributed by atoms with Crippen LogP contribution in [0.15, 0.2) is 60.9 Å². The molecule has 158 valence electrons. The van der Waals surface area contributed by atoms with Gasteiger partial charge in [0.2, 0.25) is 5.91 Å². The highest BCUT2D eigenvalue weighted by Crippen LogP contribution is 2.24. The second kappa shape index (κ2) is 8.71. The van der Waals surface area contributed by atoms with Crippen LogP contribution in [0.3, 0.4) is 0 Å². The van der Waals surface area contributed by atoms with Crippen molar-refractivity contribution in [3.63, 3.8) is 0 Å². The van der Waals surface area contributed by atoms with Crippen LogP contribution in [0.2, 0.25) is 0 Å². The molecule has 1 aliphatic heterocycles. The quantitative estimate of drug-likeness (QED) is 0.522. The van der Waals surface area contributed by atoms with Crippen LogP contribution in [0.1, 0.15) is 24.8 Å². The number of rotatable bonds is 6. The number of benzene rings is 1. The molecule has 4 heterocycles. The van der Waals surface area contributed by atoms with E-state index in [2.05, 4.69) is 50.4 Å². The van der Waals surface area contributed by atoms with Crippen LogP contribution in [-0.4, -0.2) is 48.9 Å². The number of carbonyl (C=O) groups is 1. The lowest BCUT2D eigenvalue weighted by Gasteiger charge is -2.32. The SMILES string of the molecule is O=C(CCc1ccccc1)N1CCC(Cn2ccc3nc(-c4cn[nH]n4)ccc32)CC1. The van der Waals surface area contributed by atoms with Crippen LogP contribution in [-0.2, 0) is 17.8 Å². The van der Waals surface area contributed by atoms with Gasteiger partial charge in [-0.2, -0.15) is 15.4 Å². The van der Waals surface area contributed by atoms with Gasteiger partial charge in [-0.25, -0.2) is 4.98 Å². The lowest BCUT2D eigenvalue weighted by atomic mass is 9.96. The molecule has 1 aliphatic rings. The molecule has 1 amide bonds. The summed E-state index contributed by atoms with van der Waals surface area (Å²) in [6.45, 7) is 2.67. The van der Waals surface area contributed by atoms with Gasteiger partial charge in [0.05, 0.1) is 22.9 Å². The molecule has 7 heteroatoms. The lowest BCUT2D eigenvalue weighted by Crippen LogP contribution is -2.39. The van der Waals surface area contributed by atoms with Gasteiger partial charge in [-0.1, -0.05) is 30.3 Å². The minimum atomic E-state index is 0.276. The fraction of sp³-hybridized carbons (Fsp3) is 0.333. The number of hydrogen-bond donors (Lipinski definition) is 1. The van der Waals surface area contributed by atoms with Crippen molar-refractivity contribution in [1.29, 1.82) is 0 Å². The van der Waals surface area contributed by atoms with Gasteiger partial charge in [0, 0.05) is 32.3 Å². The normalized spacial score (nSPS) is 14.9. The summed E-state index contributed by atoms with van der Waals surface area (Å²) >= 11 is 0. The molecule has 0 unspecified atom stereocenters. The van der Waals surface area contributed by atoms with Crippen molar-refractivity contribution in [2.45, 2.75) is 32.2 Å². The third kappa shape index (κ3) is 4.35. The molecule has 1 fully saturated rings. The molecule has 0 bridgehead atoms. The summed E-state index contributed by atoms with van der Waals surface area (Å²) in [4.78, 5) is 19.4. The summed E-state index contributed by atoms with van der Waals surface area (Å²) in [6.07, 6.45) is 7.29. The number of aromatic amines is 1. The van der Waals surface area contributed by atoms with Crippen LogP contribution in [0.25, 0.3) is 22.4 Å². The van der Waals surface area contributed by atoms with E-state index in [1.165, 1.54) is 5.56 Å². The number of H-pyrrole nitrogens is 1. The Hall–Kier alpha value is -3.48. The average Bonchev–Trinajstić information content (AvgIpc) is 3.49. The molecule has 1 N–H and O–H groups in total. The molecule has 0 aliphatic carbocycles. The van der Waals surface area contributed by atoms with Crippen molar-refractivity contribution in [3.8, 4) is 11.4 Å². The monoisotopic (exact) mass is 414 g/mol. The Balaban J connectivity index is 1.16. The van der Waals surface area contributed by atoms with Gasteiger partial charge in [-0.05, 0) is 48.9 Å². The first-order valence-corrected chi connectivity index (χ1v) is 10.9. The van der Waals surface area contributed by atoms with Crippen LogP contribution in [0, 0.1) is 5.92 Å². The predicted molar refractivity (Wildman–Crippen MR) is 119 cm³/mol. The minimum absolute atomic E-state index is 0.276. The zero-order valence-corrected chi connectivity index (χ0v) is 17.4. The largest absolute Gasteiger partial charge is 0.346 e. The van der Waals surface area contributed by atoms with E-state index in [0.29, 0.717) is 12.3 Å². The van der Waals surface area contributed by atoms with Gasteiger partial charge < -0.3 is 9.47 Å². The van der Waals surface area contributed by atoms with Gasteiger partial charge in [0.25, 0.3) is 0 Å². The van der Waals surface area contributed by atoms with Crippen molar-refractivity contribution in [3.05, 3.63) is 66.5 Å². The third-order valence-electron chi connectivity index (χ3n) is 6.19. The number of likely N-dealkylation sites (tertiary alicyclic amines) is 1. The van der Waals surface area contributed by atoms with Crippen LogP contribution >= 0.6 is 0 Å². The minimum Gasteiger partial charge on any atom is -0.346 e. The number of aromatic nitrogens is 5. The molecule has 5 rings (SSSR count). The van der Waals surface area contributed by atoms with E-state index in [0.717, 1.165) is 61.3 Å². The zero-order valence-electron chi connectivity index (χ0n) is 17.4. The summed E-state index contributed by atoms with van der Waals surface area (Å²) in [5, 5.41) is 10.6. The number of carbonyl (C=O) groups excluding carboxylic acids is 1. The molecule has 0 saturated carbocycles. The maximum Gasteiger partial charge on any atom is 0.222 e. The van der Waals surface area contributed by atoms with E-state index in [1.807, 2.05) is 29.2 Å². The Labute approximate surface area is 181 Å². The Morgan fingerprint density at radius 1 is 1.03 bits per heavy atom. The van der Waals surface area contributed by atoms with Gasteiger partial charge in [0.15, 0.2) is 0 Å². The summed E-state index contributed by atoms with van der Waals surface area (Å²) in [5.74, 6) is 0.849. The molecular weight excluding hydrogens is 388 g/mol. The fourth-order valence-electron chi connectivity index (χ4n) is 4.40. The molecule has 31 heavy (non-hydrogen) atoms. The number of pyridine rings is 1. The van der Waals surface area contributed by atoms with Crippen molar-refractivity contribution < 1.29 is 4.79 Å². The molecule has 1 saturated heterocycles. The number of nitrogens with zero attached hydrogens (tertiary/aromatic N) is 5. The molecule has 0 radical (unpaired) electrons. The highest BCUT2D eigenvalue weighted by molar-refractivity contribution is 5.79. The number of fused-ring (bicyclic) bond motifs is 1. The lowest BCUT2D eigenvalue weighted by molar-refractivity contribution is -0.132. The Bertz CT molecular complexity index is 1140. The molecular formula is C24H26N6O. The van der Waals surface area contributed by atoms with Gasteiger partial charge >= 0.3 is 0 Å². The first kappa shape index (κ1) is 19.5. The van der Waals surface area contributed by atoms with Crippen LogP contribution in [0.5, 0.6) is 0 Å². The topological polar surface area (TPSA) is 79.7 Å². The molecule has 3 aromatic heterocycles. The zero-order chi connectivity index (χ0) is 21.0. The standard InChI is InChI=1S/C24H26N6O/c31-24(9-6-18-4-2-1-3-5-18)29-13-10-19(11-14-29)17-30-15-12-21-23(30)8-7-20(26-21)22-16-25-28-27-22/h1-5,7-8,12,15-16,19H,6,9-11,13-14,17H2,(H,25,27,28). The van der Waals surface area contributed by atoms with E-state index in [1.54, 1.807) is 6.20 Å². The summed E-state index contributed by atoms with van der Waals surface area (Å²) in [7, 11) is 0. The average molecular weight is 415 g/mol. The molecule has 0 spiro atoms. The maximum absolute atomic E-state index is 12.6. The van der Waals surface area contributed by atoms with Crippen molar-refractivity contribution in [1.82, 2.24) is 29.9 Å². The first-order chi connectivity index (χ1) is 15.3. The number of nitrogens with one attached hydrogen (secondary N) is 1. The number of hydrogen-bond acceptors (Lipinski definition) is 4. The van der Waals surface area contributed by atoms with Crippen molar-refractivity contribution in [2.24, 2.45) is 5.92 Å². The van der Waals surface area contributed by atoms with E-state index >= 15 is 0 Å². The Morgan fingerprint density at radius 2 is 1.87 bits per heavy atom. The fourth-order valence-corrected chi connectivity index (χ4v) is 4.40. The molecule has 7 nitrogen and oxygen atoms in total. The van der Waals surface area contributed by atoms with Crippen molar-refractivity contribution in [2.75, 3.05) is 13.1 Å². The Kier molecular flexibility index (Phi) is 5.48. The summed E-state index contributed by atoms with van der Waals surface area (Å²) in [6, 6.07) is 16.4. The highest BCUT2D eigenvalue weighted by atomic mass is 16.2. The maximum atomic E-state index is 12.6. The van der Waals surface area contributed by atoms with Crippen LogP contribution < -0.4 is 0 Å². The highest BCUT2D eigenvalue weighted by Gasteiger charge is 2.23. The van der Waals surface area contributed by atoms with Gasteiger partial charge in [0.1, 0.15) is 5.69 Å². The van der Waals surface area contributed by atoms with E-state index in [9.17, 15) is 4.79 Å². The summed E-state index contributed by atoms with van der Waals surface area (Å²) < 4.78 is 2.28. The van der Waals surface area contributed by atoms with E-state index in [-0.39, 0.29) is 5.91 Å². The van der Waals surface area contributed by atoms with E-state index < -0.39 is 0 Å². The van der Waals surface area contributed by atoms with E-state index in [4.69, 9.17) is 4.98 Å². The van der Waals surface area contributed by atoms with Gasteiger partial charge in [-0.15, -0.1) is 0 Å². The number of aryl methyl sites for hydroxylation is 1. The molecule has 0 atom stereocenters. The first-order valence-electron chi connectivity index (χ1n) is 10.9. The second-order valence-corrected chi connectivity index (χ2v) is 8.23. The summed E-state index contributed by atoms with van der Waals surface area (Å²) in [5.41, 5.74) is 4.90. The Morgan fingerprint density at radius 3 is 2.65 bits per heavy atom. The molecule has 1 aromatic carbocycles. The van der Waals surface area contributed by atoms with Crippen molar-refractivity contribution >= 4 is 16.9 Å². The third-order valence-corrected chi connectivity index (χ3v) is 6.19. The smallest absolute Gasteiger partial charge is 0.222 e. The number of piperidine rings is 1. The van der Waals surface area contributed by atoms with Crippen LogP contribution in [0.4, 0.5) is 0 Å². The van der Waals surface area contributed by atoms with Gasteiger partial charge in [-0.3, -0.25) is 4.79 Å².